The van der Waals surface area contributed by atoms with Crippen LogP contribution in [0.1, 0.15) is 0 Å². The van der Waals surface area contributed by atoms with Crippen molar-refractivity contribution in [2.24, 2.45) is 5.14 Å². The van der Waals surface area contributed by atoms with Gasteiger partial charge in [0.1, 0.15) is 5.82 Å². The Kier molecular flexibility index (Phi) is 3.47. The van der Waals surface area contributed by atoms with Crippen LogP contribution < -0.4 is 5.14 Å². The smallest absolute Gasteiger partial charge is 0.258 e. The third-order valence-electron chi connectivity index (χ3n) is 3.03. The molecule has 0 aliphatic heterocycles. The molecule has 0 fully saturated rings. The first-order chi connectivity index (χ1) is 10.4. The van der Waals surface area contributed by atoms with Gasteiger partial charge in [0, 0.05) is 24.2 Å². The third kappa shape index (κ3) is 2.74. The molecule has 0 aliphatic carbocycles. The number of halogens is 1. The highest BCUT2D eigenvalue weighted by Gasteiger charge is 2.21. The van der Waals surface area contributed by atoms with E-state index in [0.29, 0.717) is 16.8 Å². The molecular weight excluding hydrogens is 307 g/mol. The van der Waals surface area contributed by atoms with Gasteiger partial charge >= 0.3 is 0 Å². The number of hydrogen-bond donors (Lipinski definition) is 1. The number of nitrogens with zero attached hydrogens (tertiary/aromatic N) is 3. The second-order valence-electron chi connectivity index (χ2n) is 4.55. The average Bonchev–Trinajstić information content (AvgIpc) is 2.94. The second-order valence-corrected chi connectivity index (χ2v) is 6.03. The van der Waals surface area contributed by atoms with Crippen LogP contribution in [0.4, 0.5) is 4.39 Å². The maximum absolute atomic E-state index is 13.0. The van der Waals surface area contributed by atoms with Crippen molar-refractivity contribution in [3.63, 3.8) is 0 Å². The van der Waals surface area contributed by atoms with Gasteiger partial charge in [-0.25, -0.2) is 22.6 Å². The maximum Gasteiger partial charge on any atom is 0.258 e. The minimum absolute atomic E-state index is 0.268. The van der Waals surface area contributed by atoms with Gasteiger partial charge in [0.15, 0.2) is 5.03 Å². The van der Waals surface area contributed by atoms with Crippen molar-refractivity contribution < 1.29 is 12.8 Å². The van der Waals surface area contributed by atoms with Crippen LogP contribution in [0.3, 0.4) is 0 Å². The van der Waals surface area contributed by atoms with Crippen LogP contribution in [0.5, 0.6) is 0 Å². The summed E-state index contributed by atoms with van der Waals surface area (Å²) in [7, 11) is -4.02. The highest BCUT2D eigenvalue weighted by Crippen LogP contribution is 2.27. The van der Waals surface area contributed by atoms with Crippen LogP contribution in [0.2, 0.25) is 0 Å². The third-order valence-corrected chi connectivity index (χ3v) is 3.87. The molecule has 0 saturated heterocycles. The number of primary sulfonamides is 1. The van der Waals surface area contributed by atoms with Crippen molar-refractivity contribution in [1.82, 2.24) is 14.8 Å². The van der Waals surface area contributed by atoms with Gasteiger partial charge < -0.3 is 0 Å². The summed E-state index contributed by atoms with van der Waals surface area (Å²) in [4.78, 5) is 3.89. The van der Waals surface area contributed by atoms with E-state index in [1.54, 1.807) is 24.5 Å². The summed E-state index contributed by atoms with van der Waals surface area (Å²) in [5.74, 6) is -0.414. The van der Waals surface area contributed by atoms with Gasteiger partial charge in [-0.3, -0.25) is 4.98 Å². The Hall–Kier alpha value is -2.58. The molecule has 0 amide bonds. The van der Waals surface area contributed by atoms with E-state index in [1.165, 1.54) is 35.1 Å². The molecule has 0 spiro atoms. The monoisotopic (exact) mass is 318 g/mol. The van der Waals surface area contributed by atoms with Crippen LogP contribution in [-0.4, -0.2) is 23.2 Å². The SMILES string of the molecule is NS(=O)(=O)c1nn(-c2ccncc2)cc1-c1ccc(F)cc1. The molecule has 0 saturated carbocycles. The number of nitrogens with two attached hydrogens (primary N) is 1. The number of benzene rings is 1. The first kappa shape index (κ1) is 14.4. The van der Waals surface area contributed by atoms with Crippen LogP contribution in [0, 0.1) is 5.82 Å². The molecule has 2 aromatic heterocycles. The zero-order valence-corrected chi connectivity index (χ0v) is 12.0. The van der Waals surface area contributed by atoms with Crippen LogP contribution in [-0.2, 0) is 10.0 Å². The molecule has 0 atom stereocenters. The Labute approximate surface area is 126 Å². The fraction of sp³-hybridized carbons (Fsp3) is 0. The van der Waals surface area contributed by atoms with Gasteiger partial charge in [-0.15, -0.1) is 0 Å². The molecule has 0 bridgehead atoms. The summed E-state index contributed by atoms with van der Waals surface area (Å²) in [6.07, 6.45) is 4.65. The fourth-order valence-corrected chi connectivity index (χ4v) is 2.70. The lowest BCUT2D eigenvalue weighted by Crippen LogP contribution is -2.14. The van der Waals surface area contributed by atoms with Crippen molar-refractivity contribution in [2.45, 2.75) is 5.03 Å². The van der Waals surface area contributed by atoms with Crippen molar-refractivity contribution >= 4 is 10.0 Å². The highest BCUT2D eigenvalue weighted by atomic mass is 32.2. The van der Waals surface area contributed by atoms with E-state index in [0.717, 1.165) is 0 Å². The molecule has 3 aromatic rings. The zero-order chi connectivity index (χ0) is 15.7. The Morgan fingerprint density at radius 3 is 2.27 bits per heavy atom. The van der Waals surface area contributed by atoms with E-state index in [9.17, 15) is 12.8 Å². The Morgan fingerprint density at radius 2 is 1.68 bits per heavy atom. The van der Waals surface area contributed by atoms with Gasteiger partial charge in [0.2, 0.25) is 0 Å². The first-order valence-electron chi connectivity index (χ1n) is 6.24. The summed E-state index contributed by atoms with van der Waals surface area (Å²) in [5, 5.41) is 8.99. The predicted molar refractivity (Wildman–Crippen MR) is 78.1 cm³/mol. The fourth-order valence-electron chi connectivity index (χ4n) is 2.02. The lowest BCUT2D eigenvalue weighted by Gasteiger charge is -2.00. The quantitative estimate of drug-likeness (QED) is 0.796. The lowest BCUT2D eigenvalue weighted by molar-refractivity contribution is 0.592. The molecule has 0 radical (unpaired) electrons. The molecule has 2 N–H and O–H groups in total. The van der Waals surface area contributed by atoms with Crippen molar-refractivity contribution in [2.75, 3.05) is 0 Å². The predicted octanol–water partition coefficient (Wildman–Crippen LogP) is 1.72. The van der Waals surface area contributed by atoms with Crippen LogP contribution in [0.25, 0.3) is 16.8 Å². The maximum atomic E-state index is 13.0. The molecule has 2 heterocycles. The minimum Gasteiger partial charge on any atom is -0.265 e. The summed E-state index contributed by atoms with van der Waals surface area (Å²) >= 11 is 0. The average molecular weight is 318 g/mol. The second kappa shape index (κ2) is 5.32. The largest absolute Gasteiger partial charge is 0.265 e. The molecule has 3 rings (SSSR count). The van der Waals surface area contributed by atoms with Gasteiger partial charge in [-0.1, -0.05) is 12.1 Å². The summed E-state index contributed by atoms with van der Waals surface area (Å²) < 4.78 is 37.9. The van der Waals surface area contributed by atoms with Gasteiger partial charge in [0.25, 0.3) is 10.0 Å². The van der Waals surface area contributed by atoms with Gasteiger partial charge in [0.05, 0.1) is 5.69 Å². The molecule has 22 heavy (non-hydrogen) atoms. The Balaban J connectivity index is 2.20. The van der Waals surface area contributed by atoms with Crippen molar-refractivity contribution in [3.05, 3.63) is 60.8 Å². The lowest BCUT2D eigenvalue weighted by atomic mass is 10.1. The highest BCUT2D eigenvalue weighted by molar-refractivity contribution is 7.89. The van der Waals surface area contributed by atoms with Crippen LogP contribution in [0.15, 0.2) is 60.0 Å². The summed E-state index contributed by atoms with van der Waals surface area (Å²) in [5.41, 5.74) is 1.44. The summed E-state index contributed by atoms with van der Waals surface area (Å²) in [6, 6.07) is 8.77. The van der Waals surface area contributed by atoms with E-state index < -0.39 is 15.8 Å². The molecule has 112 valence electrons. The minimum atomic E-state index is -4.02. The number of sulfonamides is 1. The first-order valence-corrected chi connectivity index (χ1v) is 7.78. The van der Waals surface area contributed by atoms with E-state index in [-0.39, 0.29) is 5.03 Å². The van der Waals surface area contributed by atoms with E-state index in [4.69, 9.17) is 5.14 Å². The molecule has 8 heteroatoms. The zero-order valence-electron chi connectivity index (χ0n) is 11.2. The number of pyridine rings is 1. The molecule has 1 aromatic carbocycles. The molecule has 6 nitrogen and oxygen atoms in total. The molecule has 0 unspecified atom stereocenters. The number of rotatable bonds is 3. The van der Waals surface area contributed by atoms with Gasteiger partial charge in [-0.05, 0) is 29.8 Å². The van der Waals surface area contributed by atoms with E-state index in [1.807, 2.05) is 0 Å². The van der Waals surface area contributed by atoms with E-state index >= 15 is 0 Å². The van der Waals surface area contributed by atoms with Gasteiger partial charge in [-0.2, -0.15) is 5.10 Å². The van der Waals surface area contributed by atoms with E-state index in [2.05, 4.69) is 10.1 Å². The Morgan fingerprint density at radius 1 is 1.05 bits per heavy atom. The number of aromatic nitrogens is 3. The topological polar surface area (TPSA) is 90.9 Å². The number of hydrogen-bond acceptors (Lipinski definition) is 4. The van der Waals surface area contributed by atoms with Crippen molar-refractivity contribution in [3.8, 4) is 16.8 Å². The standard InChI is InChI=1S/C14H11FN4O2S/c15-11-3-1-10(2-4-11)13-9-19(12-5-7-17-8-6-12)18-14(13)22(16,20)21/h1-9H,(H2,16,20,21). The normalized spacial score (nSPS) is 11.5. The Bertz CT molecular complexity index is 906. The van der Waals surface area contributed by atoms with Crippen molar-refractivity contribution in [1.29, 1.82) is 0 Å². The molecular formula is C14H11FN4O2S. The molecule has 0 aliphatic rings. The van der Waals surface area contributed by atoms with Crippen LogP contribution >= 0.6 is 0 Å². The summed E-state index contributed by atoms with van der Waals surface area (Å²) in [6.45, 7) is 0.